The fraction of sp³-hybridized carbons (Fsp3) is 0.867. The van der Waals surface area contributed by atoms with E-state index in [1.165, 1.54) is 11.3 Å². The lowest BCUT2D eigenvalue weighted by Gasteiger charge is -2.30. The number of rotatable bonds is 8. The van der Waals surface area contributed by atoms with Crippen LogP contribution in [0.3, 0.4) is 0 Å². The highest BCUT2D eigenvalue weighted by Gasteiger charge is 2.30. The van der Waals surface area contributed by atoms with Crippen LogP contribution in [0, 0.1) is 5.92 Å². The topological polar surface area (TPSA) is 78.7 Å². The molecule has 0 aromatic rings. The SMILES string of the molecule is CCCNC(=O)CN(C)C(=O)CN(C)C1CCCC1CN. The standard InChI is InChI=1S/C15H30N4O2/c1-4-8-17-14(20)10-19(3)15(21)11-18(2)13-7-5-6-12(13)9-16/h12-13H,4-11,16H2,1-3H3,(H,17,20). The van der Waals surface area contributed by atoms with E-state index in [4.69, 9.17) is 5.73 Å². The van der Waals surface area contributed by atoms with Crippen LogP contribution in [-0.2, 0) is 9.59 Å². The Bertz CT molecular complexity index is 349. The van der Waals surface area contributed by atoms with E-state index >= 15 is 0 Å². The maximum absolute atomic E-state index is 12.2. The van der Waals surface area contributed by atoms with Gasteiger partial charge in [0.05, 0.1) is 13.1 Å². The van der Waals surface area contributed by atoms with Crippen molar-refractivity contribution in [1.82, 2.24) is 15.1 Å². The monoisotopic (exact) mass is 298 g/mol. The van der Waals surface area contributed by atoms with Gasteiger partial charge in [-0.1, -0.05) is 13.3 Å². The van der Waals surface area contributed by atoms with Gasteiger partial charge in [0, 0.05) is 19.6 Å². The van der Waals surface area contributed by atoms with Gasteiger partial charge in [-0.15, -0.1) is 0 Å². The van der Waals surface area contributed by atoms with Gasteiger partial charge in [-0.3, -0.25) is 14.5 Å². The lowest BCUT2D eigenvalue weighted by molar-refractivity contribution is -0.135. The lowest BCUT2D eigenvalue weighted by atomic mass is 10.0. The van der Waals surface area contributed by atoms with E-state index in [0.717, 1.165) is 19.3 Å². The number of likely N-dealkylation sites (N-methyl/N-ethyl adjacent to an activating group) is 2. The van der Waals surface area contributed by atoms with Crippen molar-refractivity contribution >= 4 is 11.8 Å². The molecule has 0 aliphatic heterocycles. The predicted molar refractivity (Wildman–Crippen MR) is 83.8 cm³/mol. The summed E-state index contributed by atoms with van der Waals surface area (Å²) in [6.45, 7) is 3.80. The molecule has 0 spiro atoms. The van der Waals surface area contributed by atoms with E-state index in [-0.39, 0.29) is 18.4 Å². The Morgan fingerprint density at radius 2 is 1.95 bits per heavy atom. The summed E-state index contributed by atoms with van der Waals surface area (Å²) in [5.74, 6) is 0.365. The average Bonchev–Trinajstić information content (AvgIpc) is 2.93. The summed E-state index contributed by atoms with van der Waals surface area (Å²) in [5.41, 5.74) is 5.79. The summed E-state index contributed by atoms with van der Waals surface area (Å²) in [5, 5.41) is 2.78. The van der Waals surface area contributed by atoms with Gasteiger partial charge in [0.15, 0.2) is 0 Å². The average molecular weight is 298 g/mol. The molecule has 0 saturated heterocycles. The summed E-state index contributed by atoms with van der Waals surface area (Å²) >= 11 is 0. The molecule has 1 saturated carbocycles. The highest BCUT2D eigenvalue weighted by Crippen LogP contribution is 2.28. The molecule has 0 aromatic heterocycles. The molecule has 0 radical (unpaired) electrons. The molecule has 122 valence electrons. The minimum Gasteiger partial charge on any atom is -0.355 e. The Labute approximate surface area is 128 Å². The van der Waals surface area contributed by atoms with Gasteiger partial charge >= 0.3 is 0 Å². The van der Waals surface area contributed by atoms with Gasteiger partial charge in [-0.2, -0.15) is 0 Å². The number of nitrogens with one attached hydrogen (secondary N) is 1. The van der Waals surface area contributed by atoms with Gasteiger partial charge in [0.1, 0.15) is 0 Å². The second kappa shape index (κ2) is 9.00. The Morgan fingerprint density at radius 1 is 1.24 bits per heavy atom. The zero-order valence-corrected chi connectivity index (χ0v) is 13.6. The summed E-state index contributed by atoms with van der Waals surface area (Å²) in [7, 11) is 3.65. The molecule has 2 amide bonds. The number of carbonyl (C=O) groups excluding carboxylic acids is 2. The summed E-state index contributed by atoms with van der Waals surface area (Å²) < 4.78 is 0. The third-order valence-corrected chi connectivity index (χ3v) is 4.25. The molecule has 0 heterocycles. The van der Waals surface area contributed by atoms with Crippen molar-refractivity contribution in [3.8, 4) is 0 Å². The number of carbonyl (C=O) groups is 2. The normalized spacial score (nSPS) is 21.6. The molecule has 2 atom stereocenters. The Morgan fingerprint density at radius 3 is 2.57 bits per heavy atom. The molecular formula is C15H30N4O2. The predicted octanol–water partition coefficient (Wildman–Crippen LogP) is 0.0302. The molecular weight excluding hydrogens is 268 g/mol. The second-order valence-corrected chi connectivity index (χ2v) is 6.01. The van der Waals surface area contributed by atoms with Gasteiger partial charge in [-0.25, -0.2) is 0 Å². The van der Waals surface area contributed by atoms with Crippen molar-refractivity contribution in [2.45, 2.75) is 38.6 Å². The number of nitrogens with two attached hydrogens (primary N) is 1. The Hall–Kier alpha value is -1.14. The molecule has 1 aliphatic carbocycles. The third kappa shape index (κ3) is 5.63. The third-order valence-electron chi connectivity index (χ3n) is 4.25. The fourth-order valence-electron chi connectivity index (χ4n) is 2.95. The highest BCUT2D eigenvalue weighted by molar-refractivity contribution is 5.85. The minimum atomic E-state index is -0.101. The van der Waals surface area contributed by atoms with E-state index in [0.29, 0.717) is 31.6 Å². The number of hydrogen-bond donors (Lipinski definition) is 2. The van der Waals surface area contributed by atoms with Crippen molar-refractivity contribution in [1.29, 1.82) is 0 Å². The Balaban J connectivity index is 2.39. The van der Waals surface area contributed by atoms with Crippen molar-refractivity contribution in [2.75, 3.05) is 40.3 Å². The number of amides is 2. The molecule has 1 rings (SSSR count). The van der Waals surface area contributed by atoms with Gasteiger partial charge in [0.25, 0.3) is 0 Å². The first-order valence-electron chi connectivity index (χ1n) is 7.90. The molecule has 6 nitrogen and oxygen atoms in total. The quantitative estimate of drug-likeness (QED) is 0.663. The maximum Gasteiger partial charge on any atom is 0.239 e. The van der Waals surface area contributed by atoms with Crippen LogP contribution < -0.4 is 11.1 Å². The summed E-state index contributed by atoms with van der Waals surface area (Å²) in [4.78, 5) is 27.4. The molecule has 0 aromatic carbocycles. The number of hydrogen-bond acceptors (Lipinski definition) is 4. The molecule has 1 aliphatic rings. The van der Waals surface area contributed by atoms with Gasteiger partial charge < -0.3 is 16.0 Å². The van der Waals surface area contributed by atoms with Crippen LogP contribution in [0.2, 0.25) is 0 Å². The van der Waals surface area contributed by atoms with E-state index in [1.54, 1.807) is 7.05 Å². The molecule has 21 heavy (non-hydrogen) atoms. The van der Waals surface area contributed by atoms with Crippen molar-refractivity contribution < 1.29 is 9.59 Å². The first kappa shape index (κ1) is 17.9. The van der Waals surface area contributed by atoms with E-state index in [9.17, 15) is 9.59 Å². The van der Waals surface area contributed by atoms with Crippen molar-refractivity contribution in [2.24, 2.45) is 11.7 Å². The smallest absolute Gasteiger partial charge is 0.239 e. The van der Waals surface area contributed by atoms with Crippen LogP contribution in [0.25, 0.3) is 0 Å². The first-order chi connectivity index (χ1) is 9.99. The van der Waals surface area contributed by atoms with Gasteiger partial charge in [0.2, 0.25) is 11.8 Å². The molecule has 1 fully saturated rings. The fourth-order valence-corrected chi connectivity index (χ4v) is 2.95. The number of nitrogens with zero attached hydrogens (tertiary/aromatic N) is 2. The molecule has 2 unspecified atom stereocenters. The van der Waals surface area contributed by atoms with E-state index in [1.807, 2.05) is 14.0 Å². The van der Waals surface area contributed by atoms with Crippen molar-refractivity contribution in [3.63, 3.8) is 0 Å². The Kier molecular flexibility index (Phi) is 7.67. The summed E-state index contributed by atoms with van der Waals surface area (Å²) in [6, 6.07) is 0.390. The zero-order chi connectivity index (χ0) is 15.8. The second-order valence-electron chi connectivity index (χ2n) is 6.01. The van der Waals surface area contributed by atoms with Crippen molar-refractivity contribution in [3.05, 3.63) is 0 Å². The van der Waals surface area contributed by atoms with Crippen LogP contribution in [0.5, 0.6) is 0 Å². The van der Waals surface area contributed by atoms with Crippen LogP contribution >= 0.6 is 0 Å². The largest absolute Gasteiger partial charge is 0.355 e. The van der Waals surface area contributed by atoms with Gasteiger partial charge in [-0.05, 0) is 38.8 Å². The lowest BCUT2D eigenvalue weighted by Crippen LogP contribution is -2.46. The first-order valence-corrected chi connectivity index (χ1v) is 7.90. The molecule has 3 N–H and O–H groups in total. The molecule has 0 bridgehead atoms. The minimum absolute atomic E-state index is 0.0215. The van der Waals surface area contributed by atoms with Crippen LogP contribution in [0.1, 0.15) is 32.6 Å². The summed E-state index contributed by atoms with van der Waals surface area (Å²) in [6.07, 6.45) is 4.33. The van der Waals surface area contributed by atoms with E-state index in [2.05, 4.69) is 10.2 Å². The maximum atomic E-state index is 12.2. The highest BCUT2D eigenvalue weighted by atomic mass is 16.2. The van der Waals surface area contributed by atoms with Crippen LogP contribution in [0.15, 0.2) is 0 Å². The van der Waals surface area contributed by atoms with Crippen LogP contribution in [-0.4, -0.2) is 67.9 Å². The van der Waals surface area contributed by atoms with Crippen LogP contribution in [0.4, 0.5) is 0 Å². The molecule has 6 heteroatoms. The zero-order valence-electron chi connectivity index (χ0n) is 13.6. The van der Waals surface area contributed by atoms with E-state index < -0.39 is 0 Å².